The Hall–Kier alpha value is -1.69. The predicted molar refractivity (Wildman–Crippen MR) is 67.2 cm³/mol. The third kappa shape index (κ3) is 5.65. The molecule has 6 heteroatoms. The van der Waals surface area contributed by atoms with E-state index in [-0.39, 0.29) is 24.8 Å². The van der Waals surface area contributed by atoms with Crippen LogP contribution in [0.3, 0.4) is 0 Å². The van der Waals surface area contributed by atoms with E-state index in [2.05, 4.69) is 0 Å². The minimum Gasteiger partial charge on any atom is -0.466 e. The summed E-state index contributed by atoms with van der Waals surface area (Å²) in [5, 5.41) is 0. The summed E-state index contributed by atoms with van der Waals surface area (Å²) in [6.07, 6.45) is 4.01. The van der Waals surface area contributed by atoms with E-state index >= 15 is 0 Å². The smallest absolute Gasteiger partial charge is 0.307 e. The highest BCUT2D eigenvalue weighted by Gasteiger charge is 2.23. The molecule has 0 spiro atoms. The van der Waals surface area contributed by atoms with E-state index in [1.54, 1.807) is 0 Å². The summed E-state index contributed by atoms with van der Waals surface area (Å²) in [7, 11) is 0. The molecule has 0 aromatic carbocycles. The normalized spacial score (nSPS) is 14.3. The molecule has 1 aliphatic heterocycles. The molecule has 0 aromatic rings. The van der Waals surface area contributed by atoms with E-state index < -0.39 is 5.97 Å². The van der Waals surface area contributed by atoms with Crippen molar-refractivity contribution in [3.8, 4) is 0 Å². The Labute approximate surface area is 112 Å². The molecule has 0 fully saturated rings. The van der Waals surface area contributed by atoms with Crippen molar-refractivity contribution in [1.82, 2.24) is 4.90 Å². The lowest BCUT2D eigenvalue weighted by Crippen LogP contribution is -2.32. The van der Waals surface area contributed by atoms with E-state index in [0.29, 0.717) is 19.8 Å². The standard InChI is InChI=1S/C13H19NO5/c1-2-18-9-3-4-10-19-13(17)7-8-14-11(15)5-6-12(14)16/h5-6H,2-4,7-10H2,1H3. The lowest BCUT2D eigenvalue weighted by atomic mass is 10.3. The number of amides is 2. The zero-order chi connectivity index (χ0) is 14.1. The fourth-order valence-corrected chi connectivity index (χ4v) is 1.56. The first-order chi connectivity index (χ1) is 9.15. The third-order valence-corrected chi connectivity index (χ3v) is 2.59. The Morgan fingerprint density at radius 2 is 1.79 bits per heavy atom. The first-order valence-electron chi connectivity index (χ1n) is 6.42. The number of carbonyl (C=O) groups excluding carboxylic acids is 3. The summed E-state index contributed by atoms with van der Waals surface area (Å²) in [4.78, 5) is 34.8. The molecule has 2 amide bonds. The Balaban J connectivity index is 2.05. The average Bonchev–Trinajstić information content (AvgIpc) is 2.71. The number of nitrogens with zero attached hydrogens (tertiary/aromatic N) is 1. The van der Waals surface area contributed by atoms with Crippen molar-refractivity contribution in [2.75, 3.05) is 26.4 Å². The van der Waals surface area contributed by atoms with Gasteiger partial charge in [-0.15, -0.1) is 0 Å². The van der Waals surface area contributed by atoms with Crippen LogP contribution in [0.1, 0.15) is 26.2 Å². The fraction of sp³-hybridized carbons (Fsp3) is 0.615. The maximum atomic E-state index is 11.4. The van der Waals surface area contributed by atoms with Crippen molar-refractivity contribution < 1.29 is 23.9 Å². The van der Waals surface area contributed by atoms with Gasteiger partial charge in [-0.2, -0.15) is 0 Å². The van der Waals surface area contributed by atoms with Crippen molar-refractivity contribution in [1.29, 1.82) is 0 Å². The van der Waals surface area contributed by atoms with Crippen molar-refractivity contribution in [3.63, 3.8) is 0 Å². The second-order valence-corrected chi connectivity index (χ2v) is 4.04. The maximum absolute atomic E-state index is 11.4. The van der Waals surface area contributed by atoms with Crippen LogP contribution in [0.4, 0.5) is 0 Å². The highest BCUT2D eigenvalue weighted by molar-refractivity contribution is 6.12. The monoisotopic (exact) mass is 269 g/mol. The van der Waals surface area contributed by atoms with E-state index in [1.165, 1.54) is 12.2 Å². The minimum atomic E-state index is -0.399. The van der Waals surface area contributed by atoms with Gasteiger partial charge in [-0.05, 0) is 19.8 Å². The van der Waals surface area contributed by atoms with Gasteiger partial charge in [-0.1, -0.05) is 0 Å². The molecule has 1 heterocycles. The van der Waals surface area contributed by atoms with E-state index in [0.717, 1.165) is 17.7 Å². The molecule has 0 aromatic heterocycles. The van der Waals surface area contributed by atoms with Gasteiger partial charge in [-0.25, -0.2) is 0 Å². The van der Waals surface area contributed by atoms with E-state index in [1.807, 2.05) is 6.92 Å². The van der Waals surface area contributed by atoms with Gasteiger partial charge in [0.15, 0.2) is 0 Å². The molecule has 0 atom stereocenters. The van der Waals surface area contributed by atoms with Crippen LogP contribution in [-0.2, 0) is 23.9 Å². The number of imide groups is 1. The number of hydrogen-bond donors (Lipinski definition) is 0. The SMILES string of the molecule is CCOCCCCOC(=O)CCN1C(=O)C=CC1=O. The van der Waals surface area contributed by atoms with E-state index in [9.17, 15) is 14.4 Å². The van der Waals surface area contributed by atoms with Gasteiger partial charge in [-0.3, -0.25) is 19.3 Å². The van der Waals surface area contributed by atoms with Crippen LogP contribution in [0.2, 0.25) is 0 Å². The molecule has 0 unspecified atom stereocenters. The van der Waals surface area contributed by atoms with Crippen LogP contribution in [-0.4, -0.2) is 49.0 Å². The minimum absolute atomic E-state index is 0.0324. The topological polar surface area (TPSA) is 72.9 Å². The molecule has 19 heavy (non-hydrogen) atoms. The second kappa shape index (κ2) is 8.42. The first-order valence-corrected chi connectivity index (χ1v) is 6.42. The van der Waals surface area contributed by atoms with Gasteiger partial charge >= 0.3 is 5.97 Å². The van der Waals surface area contributed by atoms with Crippen LogP contribution in [0, 0.1) is 0 Å². The summed E-state index contributed by atoms with van der Waals surface area (Å²) in [6.45, 7) is 3.69. The Morgan fingerprint density at radius 1 is 1.16 bits per heavy atom. The van der Waals surface area contributed by atoms with Crippen molar-refractivity contribution >= 4 is 17.8 Å². The molecule has 0 saturated carbocycles. The second-order valence-electron chi connectivity index (χ2n) is 4.04. The summed E-state index contributed by atoms with van der Waals surface area (Å²) in [5.74, 6) is -1.16. The van der Waals surface area contributed by atoms with E-state index in [4.69, 9.17) is 9.47 Å². The van der Waals surface area contributed by atoms with Gasteiger partial charge in [0.05, 0.1) is 13.0 Å². The molecular formula is C13H19NO5. The largest absolute Gasteiger partial charge is 0.466 e. The highest BCUT2D eigenvalue weighted by atomic mass is 16.5. The van der Waals surface area contributed by atoms with Gasteiger partial charge in [0, 0.05) is 31.9 Å². The molecule has 6 nitrogen and oxygen atoms in total. The fourth-order valence-electron chi connectivity index (χ4n) is 1.56. The predicted octanol–water partition coefficient (Wildman–Crippen LogP) is 0.661. The average molecular weight is 269 g/mol. The zero-order valence-electron chi connectivity index (χ0n) is 11.1. The number of esters is 1. The van der Waals surface area contributed by atoms with Gasteiger partial charge in [0.1, 0.15) is 0 Å². The number of hydrogen-bond acceptors (Lipinski definition) is 5. The molecule has 1 rings (SSSR count). The number of carbonyl (C=O) groups is 3. The molecule has 0 radical (unpaired) electrons. The first kappa shape index (κ1) is 15.4. The van der Waals surface area contributed by atoms with Crippen molar-refractivity contribution in [2.45, 2.75) is 26.2 Å². The van der Waals surface area contributed by atoms with Crippen LogP contribution < -0.4 is 0 Å². The number of unbranched alkanes of at least 4 members (excludes halogenated alkanes) is 1. The molecule has 0 bridgehead atoms. The molecule has 0 N–H and O–H groups in total. The molecule has 0 saturated heterocycles. The summed E-state index contributed by atoms with van der Waals surface area (Å²) in [5.41, 5.74) is 0. The number of ether oxygens (including phenoxy) is 2. The van der Waals surface area contributed by atoms with Crippen LogP contribution in [0.25, 0.3) is 0 Å². The Morgan fingerprint density at radius 3 is 2.42 bits per heavy atom. The molecule has 1 aliphatic rings. The summed E-state index contributed by atoms with van der Waals surface area (Å²) >= 11 is 0. The van der Waals surface area contributed by atoms with Gasteiger partial charge < -0.3 is 9.47 Å². The summed E-state index contributed by atoms with van der Waals surface area (Å²) < 4.78 is 10.1. The molecule has 0 aliphatic carbocycles. The third-order valence-electron chi connectivity index (χ3n) is 2.59. The lowest BCUT2D eigenvalue weighted by molar-refractivity contribution is -0.145. The molecule has 106 valence electrons. The molecular weight excluding hydrogens is 250 g/mol. The Bertz CT molecular complexity index is 346. The lowest BCUT2D eigenvalue weighted by Gasteiger charge is -2.12. The highest BCUT2D eigenvalue weighted by Crippen LogP contribution is 2.04. The van der Waals surface area contributed by atoms with Crippen LogP contribution >= 0.6 is 0 Å². The van der Waals surface area contributed by atoms with Gasteiger partial charge in [0.2, 0.25) is 0 Å². The maximum Gasteiger partial charge on any atom is 0.307 e. The van der Waals surface area contributed by atoms with Crippen molar-refractivity contribution in [2.24, 2.45) is 0 Å². The summed E-state index contributed by atoms with van der Waals surface area (Å²) in [6, 6.07) is 0. The van der Waals surface area contributed by atoms with Crippen LogP contribution in [0.15, 0.2) is 12.2 Å². The quantitative estimate of drug-likeness (QED) is 0.349. The van der Waals surface area contributed by atoms with Gasteiger partial charge in [0.25, 0.3) is 11.8 Å². The van der Waals surface area contributed by atoms with Crippen molar-refractivity contribution in [3.05, 3.63) is 12.2 Å². The zero-order valence-corrected chi connectivity index (χ0v) is 11.1. The Kier molecular flexibility index (Phi) is 6.81. The van der Waals surface area contributed by atoms with Crippen LogP contribution in [0.5, 0.6) is 0 Å². The number of rotatable bonds is 9.